The van der Waals surface area contributed by atoms with Gasteiger partial charge in [0.15, 0.2) is 5.75 Å². The summed E-state index contributed by atoms with van der Waals surface area (Å²) in [7, 11) is 3.63. The lowest BCUT2D eigenvalue weighted by atomic mass is 9.87. The van der Waals surface area contributed by atoms with Crippen LogP contribution in [-0.4, -0.2) is 41.8 Å². The van der Waals surface area contributed by atoms with Crippen molar-refractivity contribution >= 4 is 34.4 Å². The number of carboxylic acid groups (broad SMARTS) is 1. The molecule has 0 aliphatic carbocycles. The van der Waals surface area contributed by atoms with E-state index in [1.807, 2.05) is 50.5 Å². The predicted molar refractivity (Wildman–Crippen MR) is 143 cm³/mol. The Hall–Kier alpha value is -2.75. The van der Waals surface area contributed by atoms with E-state index in [0.717, 1.165) is 49.9 Å². The van der Waals surface area contributed by atoms with Crippen LogP contribution in [0.1, 0.15) is 52.4 Å². The van der Waals surface area contributed by atoms with Crippen LogP contribution in [0.4, 0.5) is 21.5 Å². The molecule has 9 heteroatoms. The van der Waals surface area contributed by atoms with Crippen LogP contribution < -0.4 is 19.3 Å². The molecular formula is C27H36FN3O4S. The van der Waals surface area contributed by atoms with Crippen molar-refractivity contribution in [2.45, 2.75) is 62.8 Å². The molecule has 1 atom stereocenters. The fraction of sp³-hybridized carbons (Fsp3) is 0.444. The largest absolute Gasteiger partial charge is 0.593 e. The minimum absolute atomic E-state index is 0.216. The molecule has 0 radical (unpaired) electrons. The fourth-order valence-corrected chi connectivity index (χ4v) is 5.78. The molecule has 0 saturated carbocycles. The van der Waals surface area contributed by atoms with E-state index < -0.39 is 23.2 Å². The van der Waals surface area contributed by atoms with Crippen LogP contribution in [0.3, 0.4) is 0 Å². The zero-order chi connectivity index (χ0) is 26.3. The highest BCUT2D eigenvalue weighted by Gasteiger charge is 2.42. The van der Waals surface area contributed by atoms with Gasteiger partial charge in [-0.25, -0.2) is 4.79 Å². The number of halogens is 1. The Morgan fingerprint density at radius 3 is 2.42 bits per heavy atom. The number of benzene rings is 2. The Morgan fingerprint density at radius 2 is 1.86 bits per heavy atom. The molecule has 0 saturated heterocycles. The lowest BCUT2D eigenvalue weighted by molar-refractivity contribution is -0.134. The van der Waals surface area contributed by atoms with Crippen LogP contribution in [0.15, 0.2) is 59.4 Å². The molecule has 0 bridgehead atoms. The first-order valence-electron chi connectivity index (χ1n) is 12.3. The van der Waals surface area contributed by atoms with Gasteiger partial charge in [-0.05, 0) is 31.0 Å². The van der Waals surface area contributed by atoms with Crippen molar-refractivity contribution < 1.29 is 23.6 Å². The Balaban J connectivity index is 2.19. The number of hydrogen-bond donors (Lipinski definition) is 2. The molecule has 7 nitrogen and oxygen atoms in total. The summed E-state index contributed by atoms with van der Waals surface area (Å²) in [6.45, 7) is 4.94. The number of para-hydroxylation sites is 1. The minimum Gasteiger partial charge on any atom is -0.593 e. The Labute approximate surface area is 216 Å². The summed E-state index contributed by atoms with van der Waals surface area (Å²) in [5.74, 6) is -2.92. The van der Waals surface area contributed by atoms with Gasteiger partial charge in [0.2, 0.25) is 10.7 Å². The quantitative estimate of drug-likeness (QED) is 0.218. The lowest BCUT2D eigenvalue weighted by Gasteiger charge is -2.36. The second-order valence-corrected chi connectivity index (χ2v) is 10.5. The van der Waals surface area contributed by atoms with E-state index >= 15 is 0 Å². The molecule has 2 aromatic carbocycles. The SMILES string of the molecule is CCCCC1(CCCC)CN(c2ccccc2)c2cc(N(C)C)c(O/C=C(\F)C(=O)O)cc2[S+]([O-])N1. The highest BCUT2D eigenvalue weighted by Crippen LogP contribution is 2.44. The Morgan fingerprint density at radius 1 is 1.22 bits per heavy atom. The van der Waals surface area contributed by atoms with Crippen molar-refractivity contribution in [3.63, 3.8) is 0 Å². The molecule has 1 aliphatic rings. The first-order valence-corrected chi connectivity index (χ1v) is 13.5. The molecule has 1 heterocycles. The minimum atomic E-state index is -1.71. The maximum atomic E-state index is 13.8. The number of carbonyl (C=O) groups is 1. The van der Waals surface area contributed by atoms with E-state index in [2.05, 4.69) is 23.5 Å². The Kier molecular flexibility index (Phi) is 9.64. The first-order chi connectivity index (χ1) is 17.2. The molecule has 1 aliphatic heterocycles. The highest BCUT2D eigenvalue weighted by atomic mass is 32.2. The van der Waals surface area contributed by atoms with Crippen molar-refractivity contribution in [2.24, 2.45) is 0 Å². The third-order valence-electron chi connectivity index (χ3n) is 6.36. The molecule has 196 valence electrons. The van der Waals surface area contributed by atoms with Crippen molar-refractivity contribution in [2.75, 3.05) is 30.4 Å². The van der Waals surface area contributed by atoms with Crippen LogP contribution in [-0.2, 0) is 16.2 Å². The number of unbranched alkanes of at least 4 members (excludes halogenated alkanes) is 2. The van der Waals surface area contributed by atoms with Crippen molar-refractivity contribution in [1.82, 2.24) is 4.72 Å². The van der Waals surface area contributed by atoms with Gasteiger partial charge in [-0.1, -0.05) is 57.7 Å². The molecule has 2 aromatic rings. The molecule has 0 fully saturated rings. The van der Waals surface area contributed by atoms with Gasteiger partial charge in [-0.2, -0.15) is 4.39 Å². The highest BCUT2D eigenvalue weighted by molar-refractivity contribution is 7.89. The summed E-state index contributed by atoms with van der Waals surface area (Å²) in [5.41, 5.74) is 1.98. The van der Waals surface area contributed by atoms with Crippen LogP contribution in [0.2, 0.25) is 0 Å². The molecule has 2 N–H and O–H groups in total. The number of fused-ring (bicyclic) bond motifs is 1. The van der Waals surface area contributed by atoms with Gasteiger partial charge < -0.3 is 24.2 Å². The third-order valence-corrected chi connectivity index (χ3v) is 7.71. The van der Waals surface area contributed by atoms with Gasteiger partial charge in [0, 0.05) is 32.4 Å². The van der Waals surface area contributed by atoms with Gasteiger partial charge in [-0.15, -0.1) is 4.72 Å². The molecule has 0 aromatic heterocycles. The summed E-state index contributed by atoms with van der Waals surface area (Å²) in [5, 5.41) is 8.87. The van der Waals surface area contributed by atoms with E-state index in [4.69, 9.17) is 9.84 Å². The number of ether oxygens (including phenoxy) is 1. The summed E-state index contributed by atoms with van der Waals surface area (Å²) < 4.78 is 36.4. The van der Waals surface area contributed by atoms with Gasteiger partial charge >= 0.3 is 5.97 Å². The zero-order valence-electron chi connectivity index (χ0n) is 21.4. The summed E-state index contributed by atoms with van der Waals surface area (Å²) in [6, 6.07) is 13.5. The number of hydrogen-bond acceptors (Lipinski definition) is 6. The van der Waals surface area contributed by atoms with Crippen molar-refractivity contribution in [1.29, 1.82) is 0 Å². The van der Waals surface area contributed by atoms with Gasteiger partial charge in [-0.3, -0.25) is 0 Å². The van der Waals surface area contributed by atoms with E-state index in [1.165, 1.54) is 0 Å². The van der Waals surface area contributed by atoms with Crippen molar-refractivity contribution in [3.8, 4) is 5.75 Å². The molecule has 36 heavy (non-hydrogen) atoms. The van der Waals surface area contributed by atoms with Crippen LogP contribution in [0.5, 0.6) is 5.75 Å². The number of aliphatic carboxylic acids is 1. The summed E-state index contributed by atoms with van der Waals surface area (Å²) in [6.07, 6.45) is 6.39. The van der Waals surface area contributed by atoms with Gasteiger partial charge in [0.25, 0.3) is 0 Å². The van der Waals surface area contributed by atoms with E-state index in [1.54, 1.807) is 11.0 Å². The number of rotatable bonds is 11. The standard InChI is InChI=1S/C27H36FN3O4S/c1-5-7-14-27(15-8-6-2)19-31(20-12-10-9-11-13-20)23-16-22(30(3)4)24(17-25(23)36(34)29-27)35-18-21(28)26(32)33/h9-13,16-18,29H,5-8,14-15,19H2,1-4H3,(H,32,33)/b21-18-. The van der Waals surface area contributed by atoms with Crippen LogP contribution in [0.25, 0.3) is 0 Å². The number of anilines is 3. The second-order valence-electron chi connectivity index (χ2n) is 9.35. The average Bonchev–Trinajstić information content (AvgIpc) is 2.99. The second kappa shape index (κ2) is 12.5. The maximum Gasteiger partial charge on any atom is 0.368 e. The third kappa shape index (κ3) is 6.52. The summed E-state index contributed by atoms with van der Waals surface area (Å²) >= 11 is -1.58. The monoisotopic (exact) mass is 517 g/mol. The number of carboxylic acids is 1. The first kappa shape index (κ1) is 27.8. The van der Waals surface area contributed by atoms with Gasteiger partial charge in [0.05, 0.1) is 22.6 Å². The Bertz CT molecular complexity index is 1060. The smallest absolute Gasteiger partial charge is 0.368 e. The van der Waals surface area contributed by atoms with Crippen molar-refractivity contribution in [3.05, 3.63) is 54.6 Å². The average molecular weight is 518 g/mol. The molecule has 0 spiro atoms. The van der Waals surface area contributed by atoms with Crippen LogP contribution >= 0.6 is 0 Å². The van der Waals surface area contributed by atoms with E-state index in [0.29, 0.717) is 23.4 Å². The number of nitrogens with one attached hydrogen (secondary N) is 1. The molecule has 0 amide bonds. The topological polar surface area (TPSA) is 88.1 Å². The lowest BCUT2D eigenvalue weighted by Crippen LogP contribution is -2.53. The number of nitrogens with zero attached hydrogens (tertiary/aromatic N) is 2. The fourth-order valence-electron chi connectivity index (χ4n) is 4.43. The zero-order valence-corrected chi connectivity index (χ0v) is 22.2. The van der Waals surface area contributed by atoms with Crippen LogP contribution in [0, 0.1) is 0 Å². The van der Waals surface area contributed by atoms with E-state index in [9.17, 15) is 13.7 Å². The van der Waals surface area contributed by atoms with E-state index in [-0.39, 0.29) is 11.3 Å². The van der Waals surface area contributed by atoms with Gasteiger partial charge in [0.1, 0.15) is 11.9 Å². The molecule has 1 unspecified atom stereocenters. The predicted octanol–water partition coefficient (Wildman–Crippen LogP) is 5.91. The molecule has 3 rings (SSSR count). The summed E-state index contributed by atoms with van der Waals surface area (Å²) in [4.78, 5) is 15.4. The molecular weight excluding hydrogens is 481 g/mol. The normalized spacial score (nSPS) is 17.3. The maximum absolute atomic E-state index is 13.8.